The van der Waals surface area contributed by atoms with Crippen molar-refractivity contribution in [1.82, 2.24) is 9.88 Å². The molecule has 3 rings (SSSR count). The lowest BCUT2D eigenvalue weighted by Crippen LogP contribution is -2.35. The van der Waals surface area contributed by atoms with E-state index in [9.17, 15) is 22.8 Å². The number of hydrogen-bond acceptors (Lipinski definition) is 7. The van der Waals surface area contributed by atoms with Crippen molar-refractivity contribution in [3.63, 3.8) is 0 Å². The van der Waals surface area contributed by atoms with Crippen molar-refractivity contribution in [1.29, 1.82) is 0 Å². The number of aromatic nitrogens is 1. The van der Waals surface area contributed by atoms with Gasteiger partial charge in [-0.05, 0) is 12.1 Å². The topological polar surface area (TPSA) is 134 Å². The van der Waals surface area contributed by atoms with E-state index in [4.69, 9.17) is 5.11 Å². The molecule has 130 valence electrons. The van der Waals surface area contributed by atoms with Crippen LogP contribution in [0.15, 0.2) is 29.8 Å². The van der Waals surface area contributed by atoms with Crippen molar-refractivity contribution >= 4 is 44.1 Å². The number of carboxylic acid groups (broad SMARTS) is 1. The molecule has 25 heavy (non-hydrogen) atoms. The van der Waals surface area contributed by atoms with Crippen LogP contribution in [0.3, 0.4) is 0 Å². The monoisotopic (exact) mass is 381 g/mol. The van der Waals surface area contributed by atoms with Crippen LogP contribution in [-0.2, 0) is 10.0 Å². The van der Waals surface area contributed by atoms with Gasteiger partial charge in [-0.25, -0.2) is 18.2 Å². The van der Waals surface area contributed by atoms with E-state index in [0.29, 0.717) is 0 Å². The molecule has 2 heterocycles. The maximum absolute atomic E-state index is 12.2. The molecule has 2 amide bonds. The largest absolute Gasteiger partial charge is 0.476 e. The van der Waals surface area contributed by atoms with E-state index in [2.05, 4.69) is 9.71 Å². The molecule has 0 saturated heterocycles. The molecular formula is C14H11N3O6S2. The number of nitrogens with one attached hydrogen (secondary N) is 1. The molecule has 1 aliphatic heterocycles. The number of fused-ring (bicyclic) bond motifs is 1. The predicted molar refractivity (Wildman–Crippen MR) is 88.3 cm³/mol. The Balaban J connectivity index is 1.71. The summed E-state index contributed by atoms with van der Waals surface area (Å²) in [7, 11) is -3.97. The lowest BCUT2D eigenvalue weighted by atomic mass is 10.1. The zero-order chi connectivity index (χ0) is 18.2. The minimum Gasteiger partial charge on any atom is -0.476 e. The second-order valence-electron chi connectivity index (χ2n) is 5.06. The number of anilines is 1. The van der Waals surface area contributed by atoms with Crippen molar-refractivity contribution in [2.75, 3.05) is 17.0 Å². The molecule has 1 aliphatic rings. The van der Waals surface area contributed by atoms with Gasteiger partial charge in [0.1, 0.15) is 5.00 Å². The number of amides is 2. The number of aromatic carboxylic acids is 1. The van der Waals surface area contributed by atoms with Crippen molar-refractivity contribution < 1.29 is 27.9 Å². The van der Waals surface area contributed by atoms with Gasteiger partial charge in [-0.3, -0.25) is 19.2 Å². The molecule has 0 radical (unpaired) electrons. The van der Waals surface area contributed by atoms with Crippen molar-refractivity contribution in [3.8, 4) is 0 Å². The Kier molecular flexibility index (Phi) is 4.27. The maximum atomic E-state index is 12.2. The van der Waals surface area contributed by atoms with E-state index in [1.54, 1.807) is 12.1 Å². The quantitative estimate of drug-likeness (QED) is 0.709. The minimum absolute atomic E-state index is 0.130. The van der Waals surface area contributed by atoms with Crippen LogP contribution in [0.25, 0.3) is 0 Å². The zero-order valence-electron chi connectivity index (χ0n) is 12.5. The van der Waals surface area contributed by atoms with E-state index < -0.39 is 39.3 Å². The Morgan fingerprint density at radius 1 is 1.20 bits per heavy atom. The highest BCUT2D eigenvalue weighted by Crippen LogP contribution is 2.24. The Morgan fingerprint density at radius 3 is 2.36 bits per heavy atom. The molecular weight excluding hydrogens is 370 g/mol. The lowest BCUT2D eigenvalue weighted by Gasteiger charge is -2.14. The number of nitrogens with zero attached hydrogens (tertiary/aromatic N) is 2. The van der Waals surface area contributed by atoms with Gasteiger partial charge in [0, 0.05) is 6.54 Å². The van der Waals surface area contributed by atoms with Gasteiger partial charge in [0.2, 0.25) is 10.0 Å². The third kappa shape index (κ3) is 3.23. The summed E-state index contributed by atoms with van der Waals surface area (Å²) < 4.78 is 26.4. The fraction of sp³-hybridized carbons (Fsp3) is 0.143. The summed E-state index contributed by atoms with van der Waals surface area (Å²) >= 11 is 0.824. The highest BCUT2D eigenvalue weighted by molar-refractivity contribution is 7.92. The molecule has 0 spiro atoms. The van der Waals surface area contributed by atoms with E-state index in [-0.39, 0.29) is 22.7 Å². The van der Waals surface area contributed by atoms with Gasteiger partial charge >= 0.3 is 5.97 Å². The second-order valence-corrected chi connectivity index (χ2v) is 7.76. The highest BCUT2D eigenvalue weighted by Gasteiger charge is 2.35. The number of rotatable bonds is 6. The fourth-order valence-electron chi connectivity index (χ4n) is 2.32. The van der Waals surface area contributed by atoms with Crippen LogP contribution in [0.5, 0.6) is 0 Å². The van der Waals surface area contributed by atoms with E-state index in [1.165, 1.54) is 17.6 Å². The van der Waals surface area contributed by atoms with Crippen LogP contribution < -0.4 is 4.72 Å². The first-order valence-electron chi connectivity index (χ1n) is 6.92. The molecule has 1 aromatic heterocycles. The summed E-state index contributed by atoms with van der Waals surface area (Å²) in [6.07, 6.45) is 0. The van der Waals surface area contributed by atoms with Gasteiger partial charge < -0.3 is 5.11 Å². The molecule has 0 aliphatic carbocycles. The summed E-state index contributed by atoms with van der Waals surface area (Å²) in [5, 5.41) is 8.81. The maximum Gasteiger partial charge on any atom is 0.357 e. The zero-order valence-corrected chi connectivity index (χ0v) is 14.1. The van der Waals surface area contributed by atoms with Crippen LogP contribution in [0.4, 0.5) is 5.00 Å². The number of imide groups is 1. The van der Waals surface area contributed by atoms with Crippen LogP contribution in [0, 0.1) is 0 Å². The van der Waals surface area contributed by atoms with Crippen LogP contribution in [-0.4, -0.2) is 53.5 Å². The Labute approximate surface area is 146 Å². The first kappa shape index (κ1) is 17.0. The van der Waals surface area contributed by atoms with Crippen LogP contribution in [0.1, 0.15) is 31.2 Å². The Bertz CT molecular complexity index is 947. The van der Waals surface area contributed by atoms with Crippen LogP contribution in [0.2, 0.25) is 0 Å². The molecule has 9 nitrogen and oxygen atoms in total. The summed E-state index contributed by atoms with van der Waals surface area (Å²) in [5.41, 5.74) is 1.25. The first-order chi connectivity index (χ1) is 11.8. The van der Waals surface area contributed by atoms with Gasteiger partial charge in [0.15, 0.2) is 5.69 Å². The molecule has 1 aromatic carbocycles. The third-order valence-electron chi connectivity index (χ3n) is 3.48. The number of carboxylic acids is 1. The number of benzene rings is 1. The molecule has 2 aromatic rings. The SMILES string of the molecule is O=C(O)c1ncsc1NS(=O)(=O)CCN1C(=O)c2ccccc2C1=O. The van der Waals surface area contributed by atoms with E-state index >= 15 is 0 Å². The van der Waals surface area contributed by atoms with E-state index in [1.807, 2.05) is 0 Å². The van der Waals surface area contributed by atoms with Gasteiger partial charge in [-0.1, -0.05) is 12.1 Å². The van der Waals surface area contributed by atoms with Gasteiger partial charge in [0.25, 0.3) is 11.8 Å². The number of hydrogen-bond donors (Lipinski definition) is 2. The van der Waals surface area contributed by atoms with E-state index in [0.717, 1.165) is 16.2 Å². The number of carbonyl (C=O) groups excluding carboxylic acids is 2. The highest BCUT2D eigenvalue weighted by atomic mass is 32.2. The predicted octanol–water partition coefficient (Wildman–Crippen LogP) is 0.879. The Hall–Kier alpha value is -2.79. The molecule has 0 atom stereocenters. The average Bonchev–Trinajstić information content (AvgIpc) is 3.10. The summed E-state index contributed by atoms with van der Waals surface area (Å²) in [4.78, 5) is 39.8. The third-order valence-corrected chi connectivity index (χ3v) is 5.59. The van der Waals surface area contributed by atoms with Gasteiger partial charge in [-0.15, -0.1) is 11.3 Å². The molecule has 2 N–H and O–H groups in total. The summed E-state index contributed by atoms with van der Waals surface area (Å²) in [6, 6.07) is 6.23. The van der Waals surface area contributed by atoms with Crippen molar-refractivity contribution in [2.24, 2.45) is 0 Å². The number of carbonyl (C=O) groups is 3. The first-order valence-corrected chi connectivity index (χ1v) is 9.46. The summed E-state index contributed by atoms with van der Waals surface area (Å²) in [6.45, 7) is -0.344. The van der Waals surface area contributed by atoms with Gasteiger partial charge in [-0.2, -0.15) is 0 Å². The standard InChI is InChI=1S/C14H11N3O6S2/c18-12-8-3-1-2-4-9(8)13(19)17(12)5-6-25(22,23)16-11-10(14(20)21)15-7-24-11/h1-4,7,16H,5-6H2,(H,20,21). The van der Waals surface area contributed by atoms with Gasteiger partial charge in [0.05, 0.1) is 22.4 Å². The molecule has 11 heteroatoms. The number of sulfonamides is 1. The molecule has 0 bridgehead atoms. The van der Waals surface area contributed by atoms with Crippen LogP contribution >= 0.6 is 11.3 Å². The fourth-order valence-corrected chi connectivity index (χ4v) is 4.31. The van der Waals surface area contributed by atoms with Crippen molar-refractivity contribution in [3.05, 3.63) is 46.6 Å². The second kappa shape index (κ2) is 6.26. The summed E-state index contributed by atoms with van der Waals surface area (Å²) in [5.74, 6) is -3.03. The minimum atomic E-state index is -3.97. The Morgan fingerprint density at radius 2 is 1.80 bits per heavy atom. The number of thiazole rings is 1. The normalized spacial score (nSPS) is 13.8. The lowest BCUT2D eigenvalue weighted by molar-refractivity contribution is 0.0659. The molecule has 0 unspecified atom stereocenters. The van der Waals surface area contributed by atoms with Crippen molar-refractivity contribution in [2.45, 2.75) is 0 Å². The molecule has 0 fully saturated rings. The smallest absolute Gasteiger partial charge is 0.357 e. The average molecular weight is 381 g/mol. The molecule has 0 saturated carbocycles.